The lowest BCUT2D eigenvalue weighted by molar-refractivity contribution is -0.384. The van der Waals surface area contributed by atoms with Crippen molar-refractivity contribution in [3.63, 3.8) is 0 Å². The monoisotopic (exact) mass is 396 g/mol. The van der Waals surface area contributed by atoms with Crippen LogP contribution in [-0.2, 0) is 4.79 Å². The zero-order valence-corrected chi connectivity index (χ0v) is 17.0. The first-order valence-corrected chi connectivity index (χ1v) is 10.0. The minimum atomic E-state index is -0.372. The molecule has 0 spiro atoms. The predicted octanol–water partition coefficient (Wildman–Crippen LogP) is 3.03. The Morgan fingerprint density at radius 3 is 2.41 bits per heavy atom. The quantitative estimate of drug-likeness (QED) is 0.575. The number of amides is 1. The van der Waals surface area contributed by atoms with E-state index in [4.69, 9.17) is 0 Å². The number of nitro benzene ring substituents is 1. The number of rotatable bonds is 7. The molecule has 1 aliphatic heterocycles. The third kappa shape index (κ3) is 5.32. The van der Waals surface area contributed by atoms with Crippen molar-refractivity contribution in [3.05, 3.63) is 70.3 Å². The number of anilines is 1. The van der Waals surface area contributed by atoms with E-state index in [0.717, 1.165) is 31.9 Å². The standard InChI is InChI=1S/C22H28N4O3/c1-17(19-7-4-3-5-8-19)16-23-22(27)18(2)24-11-13-25(14-12-24)20-9-6-10-21(15-20)26(28)29/h3-10,15,17-18H,11-14,16H2,1-2H3,(H,23,27). The van der Waals surface area contributed by atoms with Crippen molar-refractivity contribution in [2.45, 2.75) is 25.8 Å². The SMILES string of the molecule is CC(CNC(=O)C(C)N1CCN(c2cccc([N+](=O)[O-])c2)CC1)c1ccccc1. The van der Waals surface area contributed by atoms with Gasteiger partial charge in [-0.1, -0.05) is 43.3 Å². The molecule has 1 amide bonds. The van der Waals surface area contributed by atoms with Gasteiger partial charge in [-0.25, -0.2) is 0 Å². The van der Waals surface area contributed by atoms with Gasteiger partial charge in [0.2, 0.25) is 5.91 Å². The summed E-state index contributed by atoms with van der Waals surface area (Å²) in [5.41, 5.74) is 2.17. The number of hydrogen-bond acceptors (Lipinski definition) is 5. The normalized spacial score (nSPS) is 16.8. The molecule has 1 fully saturated rings. The number of nitrogens with one attached hydrogen (secondary N) is 1. The van der Waals surface area contributed by atoms with Crippen LogP contribution in [0.4, 0.5) is 11.4 Å². The van der Waals surface area contributed by atoms with Crippen molar-refractivity contribution in [1.82, 2.24) is 10.2 Å². The first-order chi connectivity index (χ1) is 14.0. The highest BCUT2D eigenvalue weighted by atomic mass is 16.6. The van der Waals surface area contributed by atoms with Crippen LogP contribution in [0.1, 0.15) is 25.3 Å². The number of hydrogen-bond donors (Lipinski definition) is 1. The average Bonchev–Trinajstić information content (AvgIpc) is 2.77. The summed E-state index contributed by atoms with van der Waals surface area (Å²) in [6.45, 7) is 7.61. The number of nitrogens with zero attached hydrogens (tertiary/aromatic N) is 3. The second-order valence-corrected chi connectivity index (χ2v) is 7.53. The van der Waals surface area contributed by atoms with Crippen LogP contribution < -0.4 is 10.2 Å². The summed E-state index contributed by atoms with van der Waals surface area (Å²) in [5.74, 6) is 0.301. The second kappa shape index (κ2) is 9.52. The van der Waals surface area contributed by atoms with Gasteiger partial charge < -0.3 is 10.2 Å². The molecule has 1 heterocycles. The molecule has 0 radical (unpaired) electrons. The van der Waals surface area contributed by atoms with E-state index in [1.165, 1.54) is 11.6 Å². The molecule has 1 saturated heterocycles. The Bertz CT molecular complexity index is 835. The molecule has 1 N–H and O–H groups in total. The molecule has 29 heavy (non-hydrogen) atoms. The minimum absolute atomic E-state index is 0.0385. The van der Waals surface area contributed by atoms with Crippen LogP contribution in [0.2, 0.25) is 0 Å². The summed E-state index contributed by atoms with van der Waals surface area (Å²) in [5, 5.41) is 14.1. The topological polar surface area (TPSA) is 78.7 Å². The lowest BCUT2D eigenvalue weighted by Gasteiger charge is -2.38. The van der Waals surface area contributed by atoms with E-state index in [2.05, 4.69) is 34.2 Å². The Balaban J connectivity index is 1.49. The molecule has 1 aliphatic rings. The summed E-state index contributed by atoms with van der Waals surface area (Å²) in [7, 11) is 0. The Morgan fingerprint density at radius 2 is 1.76 bits per heavy atom. The molecular weight excluding hydrogens is 368 g/mol. The van der Waals surface area contributed by atoms with E-state index in [1.54, 1.807) is 12.1 Å². The maximum Gasteiger partial charge on any atom is 0.271 e. The van der Waals surface area contributed by atoms with Gasteiger partial charge in [-0.15, -0.1) is 0 Å². The Labute approximate surface area is 171 Å². The van der Waals surface area contributed by atoms with Gasteiger partial charge in [0, 0.05) is 50.5 Å². The van der Waals surface area contributed by atoms with Gasteiger partial charge >= 0.3 is 0 Å². The number of carbonyl (C=O) groups is 1. The Kier molecular flexibility index (Phi) is 6.82. The number of non-ortho nitro benzene ring substituents is 1. The van der Waals surface area contributed by atoms with Crippen LogP contribution in [-0.4, -0.2) is 54.5 Å². The molecule has 7 heteroatoms. The molecule has 2 aromatic rings. The molecule has 2 aromatic carbocycles. The van der Waals surface area contributed by atoms with Gasteiger partial charge in [-0.05, 0) is 24.5 Å². The van der Waals surface area contributed by atoms with Gasteiger partial charge in [-0.3, -0.25) is 19.8 Å². The van der Waals surface area contributed by atoms with Gasteiger partial charge in [0.05, 0.1) is 11.0 Å². The van der Waals surface area contributed by atoms with Crippen molar-refractivity contribution in [2.75, 3.05) is 37.6 Å². The van der Waals surface area contributed by atoms with E-state index in [1.807, 2.05) is 31.2 Å². The smallest absolute Gasteiger partial charge is 0.271 e. The molecule has 154 valence electrons. The van der Waals surface area contributed by atoms with Crippen molar-refractivity contribution in [1.29, 1.82) is 0 Å². The van der Waals surface area contributed by atoms with Gasteiger partial charge in [0.1, 0.15) is 0 Å². The fourth-order valence-corrected chi connectivity index (χ4v) is 3.64. The second-order valence-electron chi connectivity index (χ2n) is 7.53. The molecule has 7 nitrogen and oxygen atoms in total. The molecule has 2 atom stereocenters. The molecular formula is C22H28N4O3. The summed E-state index contributed by atoms with van der Waals surface area (Å²) >= 11 is 0. The third-order valence-electron chi connectivity index (χ3n) is 5.60. The van der Waals surface area contributed by atoms with Crippen molar-refractivity contribution in [2.24, 2.45) is 0 Å². The summed E-state index contributed by atoms with van der Waals surface area (Å²) in [6.07, 6.45) is 0. The maximum absolute atomic E-state index is 12.6. The van der Waals surface area contributed by atoms with Crippen molar-refractivity contribution < 1.29 is 9.72 Å². The zero-order chi connectivity index (χ0) is 20.8. The summed E-state index contributed by atoms with van der Waals surface area (Å²) < 4.78 is 0. The maximum atomic E-state index is 12.6. The van der Waals surface area contributed by atoms with Gasteiger partial charge in [-0.2, -0.15) is 0 Å². The van der Waals surface area contributed by atoms with E-state index in [9.17, 15) is 14.9 Å². The molecule has 2 unspecified atom stereocenters. The van der Waals surface area contributed by atoms with Crippen LogP contribution >= 0.6 is 0 Å². The molecule has 3 rings (SSSR count). The van der Waals surface area contributed by atoms with Crippen LogP contribution in [0, 0.1) is 10.1 Å². The van der Waals surface area contributed by atoms with Crippen molar-refractivity contribution in [3.8, 4) is 0 Å². The van der Waals surface area contributed by atoms with Gasteiger partial charge in [0.15, 0.2) is 0 Å². The Hall–Kier alpha value is -2.93. The van der Waals surface area contributed by atoms with E-state index >= 15 is 0 Å². The van der Waals surface area contributed by atoms with E-state index < -0.39 is 0 Å². The van der Waals surface area contributed by atoms with Crippen LogP contribution in [0.3, 0.4) is 0 Å². The predicted molar refractivity (Wildman–Crippen MR) is 114 cm³/mol. The number of piperazine rings is 1. The molecule has 0 aliphatic carbocycles. The van der Waals surface area contributed by atoms with Crippen LogP contribution in [0.15, 0.2) is 54.6 Å². The van der Waals surface area contributed by atoms with Gasteiger partial charge in [0.25, 0.3) is 5.69 Å². The first-order valence-electron chi connectivity index (χ1n) is 10.0. The highest BCUT2D eigenvalue weighted by molar-refractivity contribution is 5.81. The lowest BCUT2D eigenvalue weighted by atomic mass is 10.0. The minimum Gasteiger partial charge on any atom is -0.369 e. The third-order valence-corrected chi connectivity index (χ3v) is 5.60. The highest BCUT2D eigenvalue weighted by Gasteiger charge is 2.26. The Morgan fingerprint density at radius 1 is 1.07 bits per heavy atom. The largest absolute Gasteiger partial charge is 0.369 e. The van der Waals surface area contributed by atoms with E-state index in [0.29, 0.717) is 6.54 Å². The average molecular weight is 396 g/mol. The molecule has 0 aromatic heterocycles. The fraction of sp³-hybridized carbons (Fsp3) is 0.409. The number of carbonyl (C=O) groups excluding carboxylic acids is 1. The number of benzene rings is 2. The van der Waals surface area contributed by atoms with E-state index in [-0.39, 0.29) is 28.5 Å². The summed E-state index contributed by atoms with van der Waals surface area (Å²) in [6, 6.07) is 16.7. The molecule has 0 bridgehead atoms. The lowest BCUT2D eigenvalue weighted by Crippen LogP contribution is -2.54. The van der Waals surface area contributed by atoms with Crippen LogP contribution in [0.5, 0.6) is 0 Å². The highest BCUT2D eigenvalue weighted by Crippen LogP contribution is 2.22. The van der Waals surface area contributed by atoms with Crippen molar-refractivity contribution >= 4 is 17.3 Å². The number of nitro groups is 1. The first kappa shape index (κ1) is 20.8. The summed E-state index contributed by atoms with van der Waals surface area (Å²) in [4.78, 5) is 27.5. The fourth-order valence-electron chi connectivity index (χ4n) is 3.64. The van der Waals surface area contributed by atoms with Crippen LogP contribution in [0.25, 0.3) is 0 Å². The zero-order valence-electron chi connectivity index (χ0n) is 17.0. The molecule has 0 saturated carbocycles.